The third-order valence-electron chi connectivity index (χ3n) is 3.52. The lowest BCUT2D eigenvalue weighted by molar-refractivity contribution is -0.136. The van der Waals surface area contributed by atoms with E-state index in [2.05, 4.69) is 61.5 Å². The predicted octanol–water partition coefficient (Wildman–Crippen LogP) is 3.53. The maximum atomic E-state index is 9.37. The van der Waals surface area contributed by atoms with Crippen LogP contribution in [-0.2, 0) is 4.79 Å². The Kier molecular flexibility index (Phi) is 7.02. The highest BCUT2D eigenvalue weighted by molar-refractivity contribution is 5.66. The third-order valence-corrected chi connectivity index (χ3v) is 3.52. The van der Waals surface area contributed by atoms with Crippen molar-refractivity contribution >= 4 is 5.97 Å². The lowest BCUT2D eigenvalue weighted by atomic mass is 9.83. The van der Waals surface area contributed by atoms with Gasteiger partial charge in [0.15, 0.2) is 0 Å². The minimum atomic E-state index is -0.745. The van der Waals surface area contributed by atoms with Gasteiger partial charge >= 0.3 is 5.97 Å². The van der Waals surface area contributed by atoms with Crippen LogP contribution in [0.5, 0.6) is 0 Å². The molecule has 0 aromatic heterocycles. The quantitative estimate of drug-likeness (QED) is 0.858. The topological polar surface area (TPSA) is 40.5 Å². The molecule has 20 heavy (non-hydrogen) atoms. The number of likely N-dealkylation sites (N-methyl/N-ethyl adjacent to an activating group) is 1. The summed E-state index contributed by atoms with van der Waals surface area (Å²) in [7, 11) is 4.33. The highest BCUT2D eigenvalue weighted by Crippen LogP contribution is 2.31. The molecule has 1 aliphatic rings. The van der Waals surface area contributed by atoms with E-state index in [4.69, 9.17) is 5.11 Å². The number of benzene rings is 1. The van der Waals surface area contributed by atoms with Crippen LogP contribution < -0.4 is 0 Å². The highest BCUT2D eigenvalue weighted by atomic mass is 16.4. The summed E-state index contributed by atoms with van der Waals surface area (Å²) in [6.07, 6.45) is 7.36. The molecule has 0 amide bonds. The van der Waals surface area contributed by atoms with Crippen LogP contribution in [0.4, 0.5) is 0 Å². The molecule has 3 heteroatoms. The van der Waals surface area contributed by atoms with Crippen LogP contribution in [0.2, 0.25) is 0 Å². The first kappa shape index (κ1) is 16.4. The van der Waals surface area contributed by atoms with E-state index in [1.54, 1.807) is 6.92 Å². The van der Waals surface area contributed by atoms with Crippen LogP contribution in [-0.4, -0.2) is 36.1 Å². The molecule has 0 spiro atoms. The summed E-state index contributed by atoms with van der Waals surface area (Å²) in [6, 6.07) is 11.4. The molecule has 0 aliphatic heterocycles. The zero-order valence-electron chi connectivity index (χ0n) is 12.6. The number of carboxylic acids is 1. The molecule has 110 valence electrons. The van der Waals surface area contributed by atoms with Gasteiger partial charge in [0.1, 0.15) is 0 Å². The summed E-state index contributed by atoms with van der Waals surface area (Å²) in [5, 5.41) is 7.72. The summed E-state index contributed by atoms with van der Waals surface area (Å²) in [5.41, 5.74) is 1.47. The monoisotopic (exact) mass is 275 g/mol. The van der Waals surface area contributed by atoms with Crippen molar-refractivity contribution in [1.29, 1.82) is 0 Å². The Morgan fingerprint density at radius 1 is 1.30 bits per heavy atom. The van der Waals surface area contributed by atoms with Gasteiger partial charge in [0.2, 0.25) is 0 Å². The number of carbonyl (C=O) groups is 1. The maximum Gasteiger partial charge on any atom is 0.303 e. The van der Waals surface area contributed by atoms with Crippen LogP contribution in [0, 0.1) is 0 Å². The predicted molar refractivity (Wildman–Crippen MR) is 83.0 cm³/mol. The highest BCUT2D eigenvalue weighted by Gasteiger charge is 2.24. The van der Waals surface area contributed by atoms with E-state index in [0.717, 1.165) is 0 Å². The van der Waals surface area contributed by atoms with Gasteiger partial charge in [0.25, 0.3) is 0 Å². The SMILES string of the molecule is CCC(=O)O.CN(C)C1C=CCCC1c1ccccc1. The molecule has 0 saturated carbocycles. The average Bonchev–Trinajstić information content (AvgIpc) is 2.48. The second kappa shape index (κ2) is 8.54. The van der Waals surface area contributed by atoms with Crippen molar-refractivity contribution in [3.8, 4) is 0 Å². The molecule has 0 radical (unpaired) electrons. The van der Waals surface area contributed by atoms with E-state index < -0.39 is 5.97 Å². The van der Waals surface area contributed by atoms with Crippen LogP contribution >= 0.6 is 0 Å². The Morgan fingerprint density at radius 2 is 1.90 bits per heavy atom. The molecular weight excluding hydrogens is 250 g/mol. The molecule has 0 bridgehead atoms. The number of hydrogen-bond acceptors (Lipinski definition) is 2. The second-order valence-corrected chi connectivity index (χ2v) is 5.22. The number of aliphatic carboxylic acids is 1. The van der Waals surface area contributed by atoms with Crippen molar-refractivity contribution < 1.29 is 9.90 Å². The van der Waals surface area contributed by atoms with E-state index in [-0.39, 0.29) is 6.42 Å². The van der Waals surface area contributed by atoms with Gasteiger partial charge in [-0.3, -0.25) is 4.79 Å². The molecule has 1 aliphatic carbocycles. The molecule has 2 rings (SSSR count). The average molecular weight is 275 g/mol. The first-order chi connectivity index (χ1) is 9.56. The standard InChI is InChI=1S/C14H19N.C3H6O2/c1-15(2)14-11-7-6-10-13(14)12-8-4-3-5-9-12;1-2-3(4)5/h3-5,7-9,11,13-14H,6,10H2,1-2H3;2H2,1H3,(H,4,5). The van der Waals surface area contributed by atoms with Crippen molar-refractivity contribution in [1.82, 2.24) is 4.90 Å². The van der Waals surface area contributed by atoms with Crippen molar-refractivity contribution in [3.63, 3.8) is 0 Å². The molecule has 2 unspecified atom stereocenters. The zero-order chi connectivity index (χ0) is 15.0. The molecule has 0 heterocycles. The summed E-state index contributed by atoms with van der Waals surface area (Å²) < 4.78 is 0. The summed E-state index contributed by atoms with van der Waals surface area (Å²) in [5.74, 6) is -0.0869. The Hall–Kier alpha value is -1.61. The molecule has 1 aromatic rings. The van der Waals surface area contributed by atoms with Gasteiger partial charge in [-0.15, -0.1) is 0 Å². The summed E-state index contributed by atoms with van der Waals surface area (Å²) in [4.78, 5) is 11.7. The third kappa shape index (κ3) is 5.17. The van der Waals surface area contributed by atoms with Crippen LogP contribution in [0.1, 0.15) is 37.7 Å². The molecule has 3 nitrogen and oxygen atoms in total. The number of carboxylic acid groups (broad SMARTS) is 1. The molecule has 1 aromatic carbocycles. The van der Waals surface area contributed by atoms with Crippen molar-refractivity contribution in [3.05, 3.63) is 48.0 Å². The second-order valence-electron chi connectivity index (χ2n) is 5.22. The van der Waals surface area contributed by atoms with E-state index in [1.807, 2.05) is 0 Å². The first-order valence-electron chi connectivity index (χ1n) is 7.16. The molecule has 0 saturated heterocycles. The smallest absolute Gasteiger partial charge is 0.303 e. The Balaban J connectivity index is 0.000000347. The molecular formula is C17H25NO2. The van der Waals surface area contributed by atoms with Gasteiger partial charge in [-0.05, 0) is 32.5 Å². The van der Waals surface area contributed by atoms with Crippen LogP contribution in [0.3, 0.4) is 0 Å². The Bertz CT molecular complexity index is 426. The maximum absolute atomic E-state index is 9.37. The molecule has 0 fully saturated rings. The summed E-state index contributed by atoms with van der Waals surface area (Å²) in [6.45, 7) is 1.60. The Morgan fingerprint density at radius 3 is 2.40 bits per heavy atom. The molecule has 2 atom stereocenters. The van der Waals surface area contributed by atoms with Crippen molar-refractivity contribution in [2.24, 2.45) is 0 Å². The molecule has 1 N–H and O–H groups in total. The summed E-state index contributed by atoms with van der Waals surface area (Å²) >= 11 is 0. The fourth-order valence-electron chi connectivity index (χ4n) is 2.41. The van der Waals surface area contributed by atoms with Gasteiger partial charge in [-0.25, -0.2) is 0 Å². The largest absolute Gasteiger partial charge is 0.481 e. The van der Waals surface area contributed by atoms with E-state index in [9.17, 15) is 4.79 Å². The number of rotatable bonds is 3. The van der Waals surface area contributed by atoms with Gasteiger partial charge in [0, 0.05) is 18.4 Å². The van der Waals surface area contributed by atoms with E-state index in [0.29, 0.717) is 12.0 Å². The van der Waals surface area contributed by atoms with E-state index in [1.165, 1.54) is 18.4 Å². The van der Waals surface area contributed by atoms with Crippen LogP contribution in [0.25, 0.3) is 0 Å². The van der Waals surface area contributed by atoms with Crippen LogP contribution in [0.15, 0.2) is 42.5 Å². The number of nitrogens with zero attached hydrogens (tertiary/aromatic N) is 1. The minimum Gasteiger partial charge on any atom is -0.481 e. The minimum absolute atomic E-state index is 0.222. The fraction of sp³-hybridized carbons (Fsp3) is 0.471. The fourth-order valence-corrected chi connectivity index (χ4v) is 2.41. The zero-order valence-corrected chi connectivity index (χ0v) is 12.6. The van der Waals surface area contributed by atoms with Gasteiger partial charge < -0.3 is 10.0 Å². The first-order valence-corrected chi connectivity index (χ1v) is 7.16. The van der Waals surface area contributed by atoms with E-state index >= 15 is 0 Å². The van der Waals surface area contributed by atoms with Gasteiger partial charge in [-0.2, -0.15) is 0 Å². The Labute approximate surface area is 121 Å². The van der Waals surface area contributed by atoms with Gasteiger partial charge in [-0.1, -0.05) is 49.4 Å². The normalized spacial score (nSPS) is 21.2. The lowest BCUT2D eigenvalue weighted by Gasteiger charge is -2.33. The number of hydrogen-bond donors (Lipinski definition) is 1. The van der Waals surface area contributed by atoms with Gasteiger partial charge in [0.05, 0.1) is 0 Å². The lowest BCUT2D eigenvalue weighted by Crippen LogP contribution is -2.33. The number of allylic oxidation sites excluding steroid dienone is 1. The van der Waals surface area contributed by atoms with Crippen molar-refractivity contribution in [2.45, 2.75) is 38.1 Å². The van der Waals surface area contributed by atoms with Crippen molar-refractivity contribution in [2.75, 3.05) is 14.1 Å².